The van der Waals surface area contributed by atoms with Crippen LogP contribution in [-0.4, -0.2) is 27.7 Å². The fraction of sp³-hybridized carbons (Fsp3) is 0.348. The SMILES string of the molecule is CCC(C)c1ccccc1OCC(=O)Nc1ccccc1-c1n[nH]c(C(C)C)n1. The van der Waals surface area contributed by atoms with Crippen molar-refractivity contribution in [2.75, 3.05) is 11.9 Å². The van der Waals surface area contributed by atoms with E-state index >= 15 is 0 Å². The van der Waals surface area contributed by atoms with Gasteiger partial charge in [-0.1, -0.05) is 58.0 Å². The zero-order valence-electron chi connectivity index (χ0n) is 17.4. The number of aromatic amines is 1. The van der Waals surface area contributed by atoms with Crippen LogP contribution in [0.5, 0.6) is 5.75 Å². The van der Waals surface area contributed by atoms with Crippen LogP contribution >= 0.6 is 0 Å². The molecule has 29 heavy (non-hydrogen) atoms. The molecule has 0 fully saturated rings. The van der Waals surface area contributed by atoms with E-state index < -0.39 is 0 Å². The van der Waals surface area contributed by atoms with Crippen molar-refractivity contribution in [1.29, 1.82) is 0 Å². The fourth-order valence-corrected chi connectivity index (χ4v) is 3.01. The maximum Gasteiger partial charge on any atom is 0.262 e. The largest absolute Gasteiger partial charge is 0.483 e. The second-order valence-electron chi connectivity index (χ2n) is 7.43. The lowest BCUT2D eigenvalue weighted by Gasteiger charge is -2.16. The molecule has 3 aromatic rings. The Morgan fingerprint density at radius 3 is 2.55 bits per heavy atom. The van der Waals surface area contributed by atoms with Gasteiger partial charge in [-0.25, -0.2) is 4.98 Å². The summed E-state index contributed by atoms with van der Waals surface area (Å²) in [5.74, 6) is 2.52. The Hall–Kier alpha value is -3.15. The summed E-state index contributed by atoms with van der Waals surface area (Å²) in [6.07, 6.45) is 1.01. The number of H-pyrrole nitrogens is 1. The average molecular weight is 393 g/mol. The molecular formula is C23H28N4O2. The normalized spacial score (nSPS) is 12.0. The number of anilines is 1. The molecule has 2 aromatic carbocycles. The van der Waals surface area contributed by atoms with E-state index in [0.717, 1.165) is 29.1 Å². The quantitative estimate of drug-likeness (QED) is 0.557. The molecule has 0 bridgehead atoms. The number of carbonyl (C=O) groups excluding carboxylic acids is 1. The Morgan fingerprint density at radius 1 is 1.10 bits per heavy atom. The Morgan fingerprint density at radius 2 is 1.83 bits per heavy atom. The molecule has 1 amide bonds. The summed E-state index contributed by atoms with van der Waals surface area (Å²) < 4.78 is 5.83. The molecule has 6 heteroatoms. The molecule has 3 rings (SSSR count). The number of hydrogen-bond acceptors (Lipinski definition) is 4. The number of para-hydroxylation sites is 2. The highest BCUT2D eigenvalue weighted by Crippen LogP contribution is 2.29. The fourth-order valence-electron chi connectivity index (χ4n) is 3.01. The van der Waals surface area contributed by atoms with Gasteiger partial charge in [0.05, 0.1) is 5.69 Å². The zero-order chi connectivity index (χ0) is 20.8. The summed E-state index contributed by atoms with van der Waals surface area (Å²) in [7, 11) is 0. The van der Waals surface area contributed by atoms with E-state index in [2.05, 4.69) is 34.3 Å². The second kappa shape index (κ2) is 9.37. The van der Waals surface area contributed by atoms with E-state index in [9.17, 15) is 4.79 Å². The number of aromatic nitrogens is 3. The van der Waals surface area contributed by atoms with Gasteiger partial charge in [0.2, 0.25) is 0 Å². The Labute approximate surface area is 171 Å². The summed E-state index contributed by atoms with van der Waals surface area (Å²) in [6.45, 7) is 8.33. The van der Waals surface area contributed by atoms with Gasteiger partial charge in [-0.2, -0.15) is 5.10 Å². The summed E-state index contributed by atoms with van der Waals surface area (Å²) in [5, 5.41) is 10.2. The minimum atomic E-state index is -0.226. The van der Waals surface area contributed by atoms with Crippen LogP contribution in [0.25, 0.3) is 11.4 Å². The van der Waals surface area contributed by atoms with E-state index in [1.807, 2.05) is 62.4 Å². The minimum absolute atomic E-state index is 0.0625. The third kappa shape index (κ3) is 5.02. The lowest BCUT2D eigenvalue weighted by Crippen LogP contribution is -2.21. The molecule has 1 unspecified atom stereocenters. The molecule has 6 nitrogen and oxygen atoms in total. The van der Waals surface area contributed by atoms with Crippen molar-refractivity contribution in [2.45, 2.75) is 46.0 Å². The second-order valence-corrected chi connectivity index (χ2v) is 7.43. The number of carbonyl (C=O) groups is 1. The predicted octanol–water partition coefficient (Wildman–Crippen LogP) is 5.13. The van der Waals surface area contributed by atoms with Crippen molar-refractivity contribution in [3.63, 3.8) is 0 Å². The molecule has 0 aliphatic carbocycles. The first-order valence-electron chi connectivity index (χ1n) is 10.0. The van der Waals surface area contributed by atoms with Gasteiger partial charge in [0, 0.05) is 11.5 Å². The van der Waals surface area contributed by atoms with Gasteiger partial charge in [0.1, 0.15) is 11.6 Å². The standard InChI is InChI=1S/C23H28N4O2/c1-5-16(4)17-10-7-9-13-20(17)29-14-21(28)24-19-12-8-6-11-18(19)23-25-22(15(2)3)26-27-23/h6-13,15-16H,5,14H2,1-4H3,(H,24,28)(H,25,26,27). The molecule has 2 N–H and O–H groups in total. The van der Waals surface area contributed by atoms with Crippen LogP contribution in [0, 0.1) is 0 Å². The zero-order valence-corrected chi connectivity index (χ0v) is 17.4. The highest BCUT2D eigenvalue weighted by molar-refractivity contribution is 5.95. The molecule has 1 heterocycles. The lowest BCUT2D eigenvalue weighted by atomic mass is 9.98. The van der Waals surface area contributed by atoms with E-state index in [1.165, 1.54) is 0 Å². The molecule has 0 aliphatic heterocycles. The van der Waals surface area contributed by atoms with E-state index in [4.69, 9.17) is 4.74 Å². The summed E-state index contributed by atoms with van der Waals surface area (Å²) in [5.41, 5.74) is 2.54. The van der Waals surface area contributed by atoms with Gasteiger partial charge < -0.3 is 10.1 Å². The first-order valence-corrected chi connectivity index (χ1v) is 10.0. The van der Waals surface area contributed by atoms with Crippen LogP contribution in [-0.2, 0) is 4.79 Å². The van der Waals surface area contributed by atoms with Crippen molar-refractivity contribution in [1.82, 2.24) is 15.2 Å². The first-order chi connectivity index (χ1) is 14.0. The monoisotopic (exact) mass is 392 g/mol. The van der Waals surface area contributed by atoms with Crippen molar-refractivity contribution in [2.24, 2.45) is 0 Å². The van der Waals surface area contributed by atoms with Crippen molar-refractivity contribution >= 4 is 11.6 Å². The van der Waals surface area contributed by atoms with Gasteiger partial charge in [-0.3, -0.25) is 9.89 Å². The van der Waals surface area contributed by atoms with E-state index in [1.54, 1.807) is 0 Å². The van der Waals surface area contributed by atoms with Crippen molar-refractivity contribution in [3.8, 4) is 17.1 Å². The minimum Gasteiger partial charge on any atom is -0.483 e. The lowest BCUT2D eigenvalue weighted by molar-refractivity contribution is -0.118. The Kier molecular flexibility index (Phi) is 6.65. The number of nitrogens with zero attached hydrogens (tertiary/aromatic N) is 2. The number of benzene rings is 2. The number of rotatable bonds is 8. The third-order valence-corrected chi connectivity index (χ3v) is 4.91. The average Bonchev–Trinajstić information content (AvgIpc) is 3.23. The molecule has 0 radical (unpaired) electrons. The van der Waals surface area contributed by atoms with Crippen molar-refractivity contribution in [3.05, 3.63) is 59.9 Å². The van der Waals surface area contributed by atoms with Gasteiger partial charge in [-0.15, -0.1) is 0 Å². The van der Waals surface area contributed by atoms with Crippen LogP contribution in [0.4, 0.5) is 5.69 Å². The highest BCUT2D eigenvalue weighted by atomic mass is 16.5. The third-order valence-electron chi connectivity index (χ3n) is 4.91. The smallest absolute Gasteiger partial charge is 0.262 e. The predicted molar refractivity (Wildman–Crippen MR) is 115 cm³/mol. The Balaban J connectivity index is 1.71. The van der Waals surface area contributed by atoms with Gasteiger partial charge in [-0.05, 0) is 36.1 Å². The molecule has 0 spiro atoms. The van der Waals surface area contributed by atoms with Gasteiger partial charge >= 0.3 is 0 Å². The molecule has 0 saturated heterocycles. The van der Waals surface area contributed by atoms with Crippen LogP contribution in [0.3, 0.4) is 0 Å². The molecule has 0 aliphatic rings. The first kappa shape index (κ1) is 20.6. The number of nitrogens with one attached hydrogen (secondary N) is 2. The molecule has 1 aromatic heterocycles. The van der Waals surface area contributed by atoms with E-state index in [-0.39, 0.29) is 18.4 Å². The summed E-state index contributed by atoms with van der Waals surface area (Å²) >= 11 is 0. The number of ether oxygens (including phenoxy) is 1. The highest BCUT2D eigenvalue weighted by Gasteiger charge is 2.15. The van der Waals surface area contributed by atoms with Crippen LogP contribution < -0.4 is 10.1 Å². The maximum absolute atomic E-state index is 12.5. The summed E-state index contributed by atoms with van der Waals surface area (Å²) in [4.78, 5) is 17.1. The number of hydrogen-bond donors (Lipinski definition) is 2. The van der Waals surface area contributed by atoms with Gasteiger partial charge in [0.25, 0.3) is 5.91 Å². The van der Waals surface area contributed by atoms with E-state index in [0.29, 0.717) is 17.4 Å². The Bertz CT molecular complexity index is 965. The topological polar surface area (TPSA) is 79.9 Å². The molecule has 0 saturated carbocycles. The molecule has 1 atom stereocenters. The molecule has 152 valence electrons. The van der Waals surface area contributed by atoms with Crippen LogP contribution in [0.1, 0.15) is 57.3 Å². The maximum atomic E-state index is 12.5. The number of amides is 1. The summed E-state index contributed by atoms with van der Waals surface area (Å²) in [6, 6.07) is 15.4. The molecular weight excluding hydrogens is 364 g/mol. The van der Waals surface area contributed by atoms with Crippen molar-refractivity contribution < 1.29 is 9.53 Å². The van der Waals surface area contributed by atoms with Gasteiger partial charge in [0.15, 0.2) is 12.4 Å². The van der Waals surface area contributed by atoms with Crippen LogP contribution in [0.2, 0.25) is 0 Å². The van der Waals surface area contributed by atoms with Crippen LogP contribution in [0.15, 0.2) is 48.5 Å².